The van der Waals surface area contributed by atoms with Crippen LogP contribution in [0.3, 0.4) is 0 Å². The topological polar surface area (TPSA) is 15.3 Å². The highest BCUT2D eigenvalue weighted by Crippen LogP contribution is 2.51. The second kappa shape index (κ2) is 15.8. The van der Waals surface area contributed by atoms with Gasteiger partial charge in [-0.1, -0.05) is 166 Å². The van der Waals surface area contributed by atoms with Crippen molar-refractivity contribution in [3.05, 3.63) is 204 Å². The summed E-state index contributed by atoms with van der Waals surface area (Å²) in [5, 5.41) is 10.2. The van der Waals surface area contributed by atoms with E-state index in [2.05, 4.69) is 270 Å². The van der Waals surface area contributed by atoms with Gasteiger partial charge in [0.05, 0.1) is 33.1 Å². The second-order valence-corrected chi connectivity index (χ2v) is 23.1. The molecule has 354 valence electrons. The molecule has 0 aliphatic rings. The van der Waals surface area contributed by atoms with E-state index in [0.29, 0.717) is 11.8 Å². The molecule has 0 aliphatic heterocycles. The van der Waals surface area contributed by atoms with Crippen LogP contribution in [0.15, 0.2) is 182 Å². The van der Waals surface area contributed by atoms with Gasteiger partial charge in [-0.05, 0) is 130 Å². The van der Waals surface area contributed by atoms with Crippen LogP contribution >= 0.6 is 0 Å². The molecule has 4 heterocycles. The van der Waals surface area contributed by atoms with E-state index in [-0.39, 0.29) is 10.8 Å². The molecule has 0 aliphatic carbocycles. The van der Waals surface area contributed by atoms with Crippen molar-refractivity contribution in [1.82, 2.24) is 8.80 Å². The minimum Gasteiger partial charge on any atom is -0.310 e. The number of aromatic nitrogens is 2. The summed E-state index contributed by atoms with van der Waals surface area (Å²) in [7, 11) is 0. The first-order chi connectivity index (χ1) is 34.7. The predicted octanol–water partition coefficient (Wildman–Crippen LogP) is 19.8. The van der Waals surface area contributed by atoms with Crippen molar-refractivity contribution in [1.29, 1.82) is 0 Å². The second-order valence-electron chi connectivity index (χ2n) is 23.1. The molecule has 0 saturated heterocycles. The lowest BCUT2D eigenvalue weighted by Crippen LogP contribution is -2.12. The fourth-order valence-corrected chi connectivity index (χ4v) is 12.2. The van der Waals surface area contributed by atoms with Crippen molar-refractivity contribution in [2.45, 2.75) is 91.9 Å². The zero-order chi connectivity index (χ0) is 49.5. The van der Waals surface area contributed by atoms with Crippen LogP contribution in [-0.2, 0) is 10.8 Å². The summed E-state index contributed by atoms with van der Waals surface area (Å²) >= 11 is 0. The van der Waals surface area contributed by atoms with E-state index >= 15 is 0 Å². The highest BCUT2D eigenvalue weighted by molar-refractivity contribution is 6.30. The molecule has 13 rings (SSSR count). The Kier molecular flexibility index (Phi) is 9.71. The summed E-state index contributed by atoms with van der Waals surface area (Å²) in [5.74, 6) is 0.895. The summed E-state index contributed by atoms with van der Waals surface area (Å²) < 4.78 is 5.26. The van der Waals surface area contributed by atoms with E-state index in [1.807, 2.05) is 0 Å². The van der Waals surface area contributed by atoms with Gasteiger partial charge in [0.2, 0.25) is 0 Å². The third kappa shape index (κ3) is 6.57. The first kappa shape index (κ1) is 44.1. The highest BCUT2D eigenvalue weighted by atomic mass is 15.1. The van der Waals surface area contributed by atoms with E-state index in [1.54, 1.807) is 0 Å². The molecule has 4 nitrogen and oxygen atoms in total. The minimum absolute atomic E-state index is 0.0978. The van der Waals surface area contributed by atoms with Crippen LogP contribution in [0.5, 0.6) is 0 Å². The largest absolute Gasteiger partial charge is 0.310 e. The van der Waals surface area contributed by atoms with Crippen molar-refractivity contribution in [3.63, 3.8) is 0 Å². The van der Waals surface area contributed by atoms with E-state index in [1.165, 1.54) is 98.4 Å². The summed E-state index contributed by atoms with van der Waals surface area (Å²) in [5.41, 5.74) is 19.6. The summed E-state index contributed by atoms with van der Waals surface area (Å²) in [6, 6.07) is 69.1. The van der Waals surface area contributed by atoms with E-state index < -0.39 is 0 Å². The lowest BCUT2D eigenvalue weighted by molar-refractivity contribution is 0.594. The smallest absolute Gasteiger partial charge is 0.0622 e. The first-order valence-electron chi connectivity index (χ1n) is 26.0. The van der Waals surface area contributed by atoms with Crippen molar-refractivity contribution >= 4 is 110 Å². The maximum Gasteiger partial charge on any atom is 0.0622 e. The van der Waals surface area contributed by atoms with Crippen molar-refractivity contribution in [3.8, 4) is 0 Å². The third-order valence-corrected chi connectivity index (χ3v) is 15.7. The molecule has 0 radical (unpaired) electrons. The maximum absolute atomic E-state index is 2.63. The van der Waals surface area contributed by atoms with Crippen molar-refractivity contribution in [2.24, 2.45) is 0 Å². The third-order valence-electron chi connectivity index (χ3n) is 15.7. The lowest BCUT2D eigenvalue weighted by atomic mass is 9.85. The monoisotopic (exact) mass is 934 g/mol. The quantitative estimate of drug-likeness (QED) is 0.151. The fraction of sp³-hybridized carbons (Fsp3) is 0.206. The maximum atomic E-state index is 2.63. The Hall–Kier alpha value is -7.82. The molecular weight excluding hydrogens is 873 g/mol. The van der Waals surface area contributed by atoms with Gasteiger partial charge in [-0.25, -0.2) is 0 Å². The van der Waals surface area contributed by atoms with Gasteiger partial charge in [-0.3, -0.25) is 0 Å². The Bertz CT molecular complexity index is 3920. The minimum atomic E-state index is -0.0978. The number of para-hydroxylation sites is 4. The van der Waals surface area contributed by atoms with Gasteiger partial charge in [-0.2, -0.15) is 0 Å². The molecule has 0 fully saturated rings. The van der Waals surface area contributed by atoms with Crippen LogP contribution in [0.2, 0.25) is 0 Å². The Morgan fingerprint density at radius 1 is 0.306 bits per heavy atom. The molecular formula is C68H62N4. The molecule has 0 bridgehead atoms. The van der Waals surface area contributed by atoms with Crippen LogP contribution in [-0.4, -0.2) is 8.80 Å². The number of hydrogen-bond acceptors (Lipinski definition) is 2. The van der Waals surface area contributed by atoms with Gasteiger partial charge < -0.3 is 18.6 Å². The number of fused-ring (bicyclic) bond motifs is 12. The van der Waals surface area contributed by atoms with Crippen LogP contribution in [0.4, 0.5) is 34.1 Å². The Morgan fingerprint density at radius 3 is 0.972 bits per heavy atom. The number of nitrogens with zero attached hydrogens (tertiary/aromatic N) is 4. The number of hydrogen-bond donors (Lipinski definition) is 0. The molecule has 13 aromatic rings. The molecule has 4 aromatic heterocycles. The average Bonchev–Trinajstić information content (AvgIpc) is 4.09. The van der Waals surface area contributed by atoms with Gasteiger partial charge in [0, 0.05) is 77.2 Å². The molecule has 0 unspecified atom stereocenters. The van der Waals surface area contributed by atoms with E-state index in [4.69, 9.17) is 0 Å². The summed E-state index contributed by atoms with van der Waals surface area (Å²) in [6.45, 7) is 23.2. The Morgan fingerprint density at radius 2 is 0.639 bits per heavy atom. The average molecular weight is 935 g/mol. The highest BCUT2D eigenvalue weighted by Gasteiger charge is 2.30. The van der Waals surface area contributed by atoms with Crippen LogP contribution in [0, 0.1) is 0 Å². The molecule has 0 amide bonds. The van der Waals surface area contributed by atoms with E-state index in [0.717, 1.165) is 34.1 Å². The molecule has 9 aromatic carbocycles. The zero-order valence-electron chi connectivity index (χ0n) is 43.3. The molecule has 0 atom stereocenters. The fourth-order valence-electron chi connectivity index (χ4n) is 12.2. The van der Waals surface area contributed by atoms with Crippen LogP contribution in [0.1, 0.15) is 103 Å². The zero-order valence-corrected chi connectivity index (χ0v) is 43.3. The van der Waals surface area contributed by atoms with Gasteiger partial charge in [-0.15, -0.1) is 0 Å². The molecule has 4 heteroatoms. The van der Waals surface area contributed by atoms with Crippen LogP contribution in [0.25, 0.3) is 76.2 Å². The Labute approximate surface area is 423 Å². The standard InChI is InChI=1S/C68H62N4/c1-41(2)43-27-31-47(32-28-43)69(45-19-13-11-14-20-45)49-35-55-51-23-17-25-59(67(5,6)7)65(51)71-61-40-54-58-38-50(70(46-21-15-12-16-22-46)48-33-29-44(30-34-48)42(3)4)36-56-52-24-18-26-60(68(8,9)10)66(52)72(64(56)58)62(54)39-53(61)57(37-49)63(55)71/h11-42H,1-10H3. The molecule has 0 N–H and O–H groups in total. The number of rotatable bonds is 8. The summed E-state index contributed by atoms with van der Waals surface area (Å²) in [6.07, 6.45) is 0. The first-order valence-corrected chi connectivity index (χ1v) is 26.0. The summed E-state index contributed by atoms with van der Waals surface area (Å²) in [4.78, 5) is 4.90. The normalized spacial score (nSPS) is 12.8. The SMILES string of the molecule is CC(C)c1ccc(N(c2ccccc2)c2cc3c4cc5c(cc4n4c6c(C(C)(C)C)cccc6c(c2)c34)c2cc(N(c3ccccc3)c3ccc(C(C)C)cc3)cc3c4cccc(C(C)(C)C)c4n5c23)cc1. The van der Waals surface area contributed by atoms with Crippen molar-refractivity contribution < 1.29 is 0 Å². The molecule has 0 spiro atoms. The predicted molar refractivity (Wildman–Crippen MR) is 311 cm³/mol. The Balaban J connectivity index is 1.18. The van der Waals surface area contributed by atoms with Crippen LogP contribution < -0.4 is 9.80 Å². The van der Waals surface area contributed by atoms with Gasteiger partial charge >= 0.3 is 0 Å². The van der Waals surface area contributed by atoms with Gasteiger partial charge in [0.1, 0.15) is 0 Å². The van der Waals surface area contributed by atoms with Crippen molar-refractivity contribution in [2.75, 3.05) is 9.80 Å². The number of benzene rings is 9. The lowest BCUT2D eigenvalue weighted by Gasteiger charge is -2.26. The molecule has 0 saturated carbocycles. The van der Waals surface area contributed by atoms with Gasteiger partial charge in [0.15, 0.2) is 0 Å². The van der Waals surface area contributed by atoms with E-state index in [9.17, 15) is 0 Å². The molecule has 72 heavy (non-hydrogen) atoms. The number of anilines is 6. The van der Waals surface area contributed by atoms with Gasteiger partial charge in [0.25, 0.3) is 0 Å².